The Bertz CT molecular complexity index is 1460. The maximum absolute atomic E-state index is 4.61. The van der Waals surface area contributed by atoms with E-state index in [1.165, 1.54) is 11.1 Å². The lowest BCUT2D eigenvalue weighted by Crippen LogP contribution is -2.20. The van der Waals surface area contributed by atoms with Gasteiger partial charge in [-0.2, -0.15) is 0 Å². The Labute approximate surface area is 204 Å². The van der Waals surface area contributed by atoms with Gasteiger partial charge in [-0.05, 0) is 48.9 Å². The van der Waals surface area contributed by atoms with E-state index in [2.05, 4.69) is 97.7 Å². The van der Waals surface area contributed by atoms with Crippen LogP contribution in [0.1, 0.15) is 11.1 Å². The van der Waals surface area contributed by atoms with Crippen molar-refractivity contribution in [1.29, 1.82) is 0 Å². The molecule has 6 heteroatoms. The molecule has 0 amide bonds. The van der Waals surface area contributed by atoms with Gasteiger partial charge in [0.2, 0.25) is 0 Å². The van der Waals surface area contributed by atoms with Crippen LogP contribution in [0.5, 0.6) is 0 Å². The number of pyridine rings is 1. The number of benzene rings is 3. The first-order valence-corrected chi connectivity index (χ1v) is 11.9. The molecule has 0 unspecified atom stereocenters. The van der Waals surface area contributed by atoms with E-state index in [4.69, 9.17) is 0 Å². The molecule has 6 nitrogen and oxygen atoms in total. The van der Waals surface area contributed by atoms with Gasteiger partial charge in [-0.25, -0.2) is 4.98 Å². The molecule has 3 heterocycles. The highest BCUT2D eigenvalue weighted by molar-refractivity contribution is 5.84. The molecule has 1 N–H and O–H groups in total. The lowest BCUT2D eigenvalue weighted by molar-refractivity contribution is 0.331. The van der Waals surface area contributed by atoms with Crippen LogP contribution in [0.4, 0.5) is 11.5 Å². The van der Waals surface area contributed by atoms with Crippen molar-refractivity contribution in [3.8, 4) is 28.5 Å². The number of para-hydroxylation sites is 1. The highest BCUT2D eigenvalue weighted by Gasteiger charge is 2.24. The molecule has 0 aliphatic carbocycles. The van der Waals surface area contributed by atoms with Gasteiger partial charge in [0.15, 0.2) is 17.5 Å². The fourth-order valence-corrected chi connectivity index (χ4v) is 4.58. The number of nitrogens with zero attached hydrogens (tertiary/aromatic N) is 5. The fraction of sp³-hybridized carbons (Fsp3) is 0.138. The standard InChI is InChI=1S/C29H26N6/c1-34(19-17-21-8-3-2-4-9-21)20-22-13-15-23(16-14-22)28-32-33-29-24-10-5-6-11-25(24)31-27-26(35(28)29)12-7-18-30-27/h2-16,18H,17,19-20H2,1H3,(H,30,31). The Morgan fingerprint density at radius 3 is 2.40 bits per heavy atom. The van der Waals surface area contributed by atoms with E-state index in [1.807, 2.05) is 30.3 Å². The summed E-state index contributed by atoms with van der Waals surface area (Å²) in [5.74, 6) is 2.40. The molecule has 5 aromatic rings. The van der Waals surface area contributed by atoms with E-state index in [0.29, 0.717) is 0 Å². The third kappa shape index (κ3) is 4.20. The van der Waals surface area contributed by atoms with Crippen LogP contribution in [0.15, 0.2) is 97.2 Å². The Balaban J connectivity index is 1.28. The Morgan fingerprint density at radius 2 is 1.54 bits per heavy atom. The summed E-state index contributed by atoms with van der Waals surface area (Å²) in [6.45, 7) is 1.91. The van der Waals surface area contributed by atoms with E-state index in [1.54, 1.807) is 6.20 Å². The topological polar surface area (TPSA) is 58.9 Å². The van der Waals surface area contributed by atoms with Crippen molar-refractivity contribution in [3.63, 3.8) is 0 Å². The van der Waals surface area contributed by atoms with E-state index < -0.39 is 0 Å². The monoisotopic (exact) mass is 458 g/mol. The smallest absolute Gasteiger partial charge is 0.171 e. The maximum atomic E-state index is 4.61. The van der Waals surface area contributed by atoms with Crippen molar-refractivity contribution in [1.82, 2.24) is 24.6 Å². The number of likely N-dealkylation sites (N-methyl/N-ethyl adjacent to an activating group) is 1. The van der Waals surface area contributed by atoms with E-state index in [-0.39, 0.29) is 0 Å². The second kappa shape index (κ2) is 9.16. The third-order valence-electron chi connectivity index (χ3n) is 6.40. The molecule has 1 aliphatic heterocycles. The molecule has 0 bridgehead atoms. The van der Waals surface area contributed by atoms with Gasteiger partial charge in [-0.1, -0.05) is 66.7 Å². The first-order valence-electron chi connectivity index (χ1n) is 11.9. The van der Waals surface area contributed by atoms with Crippen molar-refractivity contribution in [3.05, 3.63) is 108 Å². The minimum Gasteiger partial charge on any atom is -0.338 e. The Kier molecular flexibility index (Phi) is 5.56. The van der Waals surface area contributed by atoms with Gasteiger partial charge in [-0.15, -0.1) is 10.2 Å². The van der Waals surface area contributed by atoms with Crippen LogP contribution in [0, 0.1) is 0 Å². The van der Waals surface area contributed by atoms with Gasteiger partial charge < -0.3 is 10.2 Å². The van der Waals surface area contributed by atoms with Crippen molar-refractivity contribution in [2.24, 2.45) is 0 Å². The number of fused-ring (bicyclic) bond motifs is 5. The summed E-state index contributed by atoms with van der Waals surface area (Å²) >= 11 is 0. The maximum Gasteiger partial charge on any atom is 0.171 e. The average molecular weight is 459 g/mol. The van der Waals surface area contributed by atoms with Crippen molar-refractivity contribution in [2.45, 2.75) is 13.0 Å². The zero-order valence-corrected chi connectivity index (χ0v) is 19.6. The molecular weight excluding hydrogens is 432 g/mol. The highest BCUT2D eigenvalue weighted by Crippen LogP contribution is 2.38. The Hall–Kier alpha value is -4.29. The lowest BCUT2D eigenvalue weighted by atomic mass is 10.1. The number of hydrogen-bond acceptors (Lipinski definition) is 5. The zero-order valence-electron chi connectivity index (χ0n) is 19.6. The highest BCUT2D eigenvalue weighted by atomic mass is 15.3. The van der Waals surface area contributed by atoms with Crippen molar-refractivity contribution in [2.75, 3.05) is 18.9 Å². The summed E-state index contributed by atoms with van der Waals surface area (Å²) in [6.07, 6.45) is 2.84. The van der Waals surface area contributed by atoms with Crippen LogP contribution in [0.2, 0.25) is 0 Å². The molecule has 3 aromatic carbocycles. The number of anilines is 2. The second-order valence-corrected chi connectivity index (χ2v) is 8.89. The molecule has 0 fully saturated rings. The summed E-state index contributed by atoms with van der Waals surface area (Å²) < 4.78 is 2.10. The van der Waals surface area contributed by atoms with Crippen LogP contribution in [-0.2, 0) is 13.0 Å². The lowest BCUT2D eigenvalue weighted by Gasteiger charge is -2.17. The van der Waals surface area contributed by atoms with Crippen molar-refractivity contribution < 1.29 is 0 Å². The van der Waals surface area contributed by atoms with Crippen LogP contribution < -0.4 is 5.32 Å². The van der Waals surface area contributed by atoms with E-state index >= 15 is 0 Å². The summed E-state index contributed by atoms with van der Waals surface area (Å²) in [7, 11) is 2.17. The molecule has 35 heavy (non-hydrogen) atoms. The van der Waals surface area contributed by atoms with Gasteiger partial charge in [0.05, 0.1) is 11.4 Å². The predicted octanol–water partition coefficient (Wildman–Crippen LogP) is 5.73. The summed E-state index contributed by atoms with van der Waals surface area (Å²) in [6, 6.07) is 31.4. The molecular formula is C29H26N6. The average Bonchev–Trinajstić information content (AvgIpc) is 3.28. The van der Waals surface area contributed by atoms with Gasteiger partial charge in [0.25, 0.3) is 0 Å². The molecule has 2 aromatic heterocycles. The molecule has 0 saturated carbocycles. The fourth-order valence-electron chi connectivity index (χ4n) is 4.58. The minimum absolute atomic E-state index is 0.788. The number of hydrogen-bond donors (Lipinski definition) is 1. The molecule has 0 saturated heterocycles. The molecule has 0 radical (unpaired) electrons. The van der Waals surface area contributed by atoms with Gasteiger partial charge in [0.1, 0.15) is 0 Å². The quantitative estimate of drug-likeness (QED) is 0.346. The van der Waals surface area contributed by atoms with E-state index in [9.17, 15) is 0 Å². The van der Waals surface area contributed by atoms with Crippen LogP contribution in [-0.4, -0.2) is 38.2 Å². The predicted molar refractivity (Wildman–Crippen MR) is 140 cm³/mol. The molecule has 172 valence electrons. The summed E-state index contributed by atoms with van der Waals surface area (Å²) in [5, 5.41) is 12.7. The van der Waals surface area contributed by atoms with Crippen LogP contribution in [0.3, 0.4) is 0 Å². The molecule has 1 aliphatic rings. The second-order valence-electron chi connectivity index (χ2n) is 8.89. The SMILES string of the molecule is CN(CCc1ccccc1)Cc1ccc(-c2nnc3n2-c2cccnc2Nc2ccccc2-3)cc1. The largest absolute Gasteiger partial charge is 0.338 e. The van der Waals surface area contributed by atoms with Gasteiger partial charge >= 0.3 is 0 Å². The van der Waals surface area contributed by atoms with Gasteiger partial charge in [0, 0.05) is 30.4 Å². The molecule has 0 spiro atoms. The molecule has 0 atom stereocenters. The summed E-state index contributed by atoms with van der Waals surface area (Å²) in [5.41, 5.74) is 6.57. The van der Waals surface area contributed by atoms with Crippen molar-refractivity contribution >= 4 is 11.5 Å². The first-order chi connectivity index (χ1) is 17.3. The zero-order chi connectivity index (χ0) is 23.6. The van der Waals surface area contributed by atoms with E-state index in [0.717, 1.165) is 59.5 Å². The van der Waals surface area contributed by atoms with Crippen LogP contribution >= 0.6 is 0 Å². The first kappa shape index (κ1) is 21.3. The van der Waals surface area contributed by atoms with Crippen LogP contribution in [0.25, 0.3) is 28.5 Å². The number of rotatable bonds is 6. The minimum atomic E-state index is 0.788. The number of nitrogens with one attached hydrogen (secondary N) is 1. The normalized spacial score (nSPS) is 11.8. The Morgan fingerprint density at radius 1 is 0.771 bits per heavy atom. The third-order valence-corrected chi connectivity index (χ3v) is 6.40. The number of aromatic nitrogens is 4. The van der Waals surface area contributed by atoms with Gasteiger partial charge in [-0.3, -0.25) is 4.57 Å². The summed E-state index contributed by atoms with van der Waals surface area (Å²) in [4.78, 5) is 6.94. The molecule has 6 rings (SSSR count).